The van der Waals surface area contributed by atoms with Crippen LogP contribution >= 0.6 is 27.3 Å². The smallest absolute Gasteiger partial charge is 0.139 e. The molecule has 0 aliphatic rings. The van der Waals surface area contributed by atoms with Crippen LogP contribution in [0.1, 0.15) is 18.6 Å². The maximum atomic E-state index is 5.96. The molecule has 2 N–H and O–H groups in total. The lowest BCUT2D eigenvalue weighted by Gasteiger charge is -2.21. The van der Waals surface area contributed by atoms with E-state index < -0.39 is 0 Å². The van der Waals surface area contributed by atoms with E-state index in [9.17, 15) is 0 Å². The number of hydrogen-bond acceptors (Lipinski definition) is 4. The van der Waals surface area contributed by atoms with Crippen molar-refractivity contribution in [2.75, 3.05) is 0 Å². The Hall–Kier alpha value is -0.910. The van der Waals surface area contributed by atoms with Gasteiger partial charge in [0.15, 0.2) is 0 Å². The van der Waals surface area contributed by atoms with Gasteiger partial charge in [-0.3, -0.25) is 4.98 Å². The van der Waals surface area contributed by atoms with Gasteiger partial charge in [-0.05, 0) is 45.7 Å². The molecule has 2 heterocycles. The number of pyridine rings is 1. The Kier molecular flexibility index (Phi) is 4.15. The molecule has 17 heavy (non-hydrogen) atoms. The summed E-state index contributed by atoms with van der Waals surface area (Å²) in [5.74, 6) is 0.716. The normalized spacial score (nSPS) is 14.3. The van der Waals surface area contributed by atoms with Crippen molar-refractivity contribution < 1.29 is 4.74 Å². The minimum Gasteiger partial charge on any atom is -0.482 e. The first kappa shape index (κ1) is 12.5. The Morgan fingerprint density at radius 3 is 2.88 bits per heavy atom. The van der Waals surface area contributed by atoms with Gasteiger partial charge < -0.3 is 10.5 Å². The molecule has 0 aliphatic heterocycles. The van der Waals surface area contributed by atoms with Crippen molar-refractivity contribution >= 4 is 27.3 Å². The highest BCUT2D eigenvalue weighted by Gasteiger charge is 2.18. The molecular weight excluding hydrogens is 300 g/mol. The van der Waals surface area contributed by atoms with E-state index in [1.165, 1.54) is 0 Å². The predicted molar refractivity (Wildman–Crippen MR) is 73.3 cm³/mol. The first-order valence-electron chi connectivity index (χ1n) is 5.21. The molecule has 0 saturated heterocycles. The van der Waals surface area contributed by atoms with E-state index in [-0.39, 0.29) is 12.1 Å². The molecule has 2 aromatic heterocycles. The summed E-state index contributed by atoms with van der Waals surface area (Å²) in [6, 6.07) is 3.84. The van der Waals surface area contributed by atoms with Crippen LogP contribution in [0, 0.1) is 0 Å². The molecule has 0 radical (unpaired) electrons. The highest BCUT2D eigenvalue weighted by molar-refractivity contribution is 9.10. The molecule has 0 saturated carbocycles. The molecule has 0 fully saturated rings. The fraction of sp³-hybridized carbons (Fsp3) is 0.250. The van der Waals surface area contributed by atoms with E-state index in [0.717, 1.165) is 10.0 Å². The lowest BCUT2D eigenvalue weighted by atomic mass is 10.1. The predicted octanol–water partition coefficient (Wildman–Crippen LogP) is 3.37. The largest absolute Gasteiger partial charge is 0.482 e. The van der Waals surface area contributed by atoms with E-state index in [4.69, 9.17) is 10.5 Å². The Labute approximate surface area is 113 Å². The van der Waals surface area contributed by atoms with Gasteiger partial charge in [0.1, 0.15) is 11.9 Å². The number of thiophene rings is 1. The third kappa shape index (κ3) is 3.28. The molecule has 5 heteroatoms. The Morgan fingerprint density at radius 2 is 2.29 bits per heavy atom. The monoisotopic (exact) mass is 312 g/mol. The number of hydrogen-bond donors (Lipinski definition) is 1. The fourth-order valence-electron chi connectivity index (χ4n) is 1.52. The summed E-state index contributed by atoms with van der Waals surface area (Å²) in [5, 5.41) is 4.08. The Bertz CT molecular complexity index is 473. The zero-order valence-corrected chi connectivity index (χ0v) is 11.7. The summed E-state index contributed by atoms with van der Waals surface area (Å²) in [6.07, 6.45) is 3.27. The highest BCUT2D eigenvalue weighted by atomic mass is 79.9. The molecular formula is C12H13BrN2OS. The number of aromatic nitrogens is 1. The third-order valence-corrected chi connectivity index (χ3v) is 3.43. The van der Waals surface area contributed by atoms with Crippen molar-refractivity contribution in [3.05, 3.63) is 45.3 Å². The average molecular weight is 313 g/mol. The quantitative estimate of drug-likeness (QED) is 0.941. The summed E-state index contributed by atoms with van der Waals surface area (Å²) in [5.41, 5.74) is 7.06. The zero-order chi connectivity index (χ0) is 12.3. The van der Waals surface area contributed by atoms with Gasteiger partial charge in [-0.25, -0.2) is 0 Å². The van der Waals surface area contributed by atoms with Crippen LogP contribution < -0.4 is 10.5 Å². The summed E-state index contributed by atoms with van der Waals surface area (Å²) in [4.78, 5) is 4.07. The van der Waals surface area contributed by atoms with Crippen LogP contribution in [0.25, 0.3) is 0 Å². The molecule has 2 aromatic rings. The van der Waals surface area contributed by atoms with Crippen molar-refractivity contribution in [2.24, 2.45) is 5.73 Å². The van der Waals surface area contributed by atoms with Gasteiger partial charge in [-0.2, -0.15) is 11.3 Å². The summed E-state index contributed by atoms with van der Waals surface area (Å²) >= 11 is 5.00. The van der Waals surface area contributed by atoms with Crippen LogP contribution in [0.2, 0.25) is 0 Å². The molecule has 0 aromatic carbocycles. The van der Waals surface area contributed by atoms with Crippen LogP contribution in [0.15, 0.2) is 39.8 Å². The van der Waals surface area contributed by atoms with E-state index >= 15 is 0 Å². The molecule has 90 valence electrons. The van der Waals surface area contributed by atoms with Crippen LogP contribution in [-0.4, -0.2) is 11.0 Å². The number of nitrogens with two attached hydrogens (primary N) is 1. The lowest BCUT2D eigenvalue weighted by molar-refractivity contribution is 0.180. The first-order valence-corrected chi connectivity index (χ1v) is 6.95. The van der Waals surface area contributed by atoms with Crippen molar-refractivity contribution in [3.63, 3.8) is 0 Å². The zero-order valence-electron chi connectivity index (χ0n) is 9.34. The fourth-order valence-corrected chi connectivity index (χ4v) is 2.55. The van der Waals surface area contributed by atoms with Gasteiger partial charge in [-0.1, -0.05) is 0 Å². The SMILES string of the molecule is CC(N)C(Oc1cncc(Br)c1)c1ccsc1. The van der Waals surface area contributed by atoms with E-state index in [2.05, 4.69) is 26.3 Å². The lowest BCUT2D eigenvalue weighted by Crippen LogP contribution is -2.28. The highest BCUT2D eigenvalue weighted by Crippen LogP contribution is 2.26. The molecule has 3 nitrogen and oxygen atoms in total. The standard InChI is InChI=1S/C12H13BrN2OS/c1-8(14)12(9-2-3-17-7-9)16-11-4-10(13)5-15-6-11/h2-8,12H,14H2,1H3. The van der Waals surface area contributed by atoms with Crippen molar-refractivity contribution in [1.29, 1.82) is 0 Å². The molecule has 2 rings (SSSR count). The van der Waals surface area contributed by atoms with Gasteiger partial charge >= 0.3 is 0 Å². The number of rotatable bonds is 4. The maximum Gasteiger partial charge on any atom is 0.139 e. The summed E-state index contributed by atoms with van der Waals surface area (Å²) in [6.45, 7) is 1.94. The van der Waals surface area contributed by atoms with Gasteiger partial charge in [0.25, 0.3) is 0 Å². The van der Waals surface area contributed by atoms with Gasteiger partial charge in [0.2, 0.25) is 0 Å². The average Bonchev–Trinajstić information content (AvgIpc) is 2.78. The van der Waals surface area contributed by atoms with Crippen molar-refractivity contribution in [2.45, 2.75) is 19.1 Å². The Morgan fingerprint density at radius 1 is 1.47 bits per heavy atom. The molecule has 2 unspecified atom stereocenters. The van der Waals surface area contributed by atoms with Crippen LogP contribution in [0.4, 0.5) is 0 Å². The topological polar surface area (TPSA) is 48.1 Å². The van der Waals surface area contributed by atoms with Crippen LogP contribution in [0.3, 0.4) is 0 Å². The van der Waals surface area contributed by atoms with Gasteiger partial charge in [0.05, 0.1) is 6.20 Å². The minimum atomic E-state index is -0.141. The second kappa shape index (κ2) is 5.62. The molecule has 0 amide bonds. The van der Waals surface area contributed by atoms with Gasteiger partial charge in [0, 0.05) is 22.3 Å². The van der Waals surface area contributed by atoms with E-state index in [1.54, 1.807) is 23.7 Å². The van der Waals surface area contributed by atoms with Gasteiger partial charge in [-0.15, -0.1) is 0 Å². The molecule has 0 bridgehead atoms. The number of ether oxygens (including phenoxy) is 1. The Balaban J connectivity index is 2.19. The van der Waals surface area contributed by atoms with E-state index in [0.29, 0.717) is 5.75 Å². The number of halogens is 1. The van der Waals surface area contributed by atoms with Crippen molar-refractivity contribution in [1.82, 2.24) is 4.98 Å². The molecule has 2 atom stereocenters. The van der Waals surface area contributed by atoms with Crippen molar-refractivity contribution in [3.8, 4) is 5.75 Å². The second-order valence-electron chi connectivity index (χ2n) is 3.79. The van der Waals surface area contributed by atoms with Crippen LogP contribution in [-0.2, 0) is 0 Å². The molecule has 0 spiro atoms. The maximum absolute atomic E-state index is 5.96. The second-order valence-corrected chi connectivity index (χ2v) is 5.49. The van der Waals surface area contributed by atoms with E-state index in [1.807, 2.05) is 24.4 Å². The minimum absolute atomic E-state index is 0.0800. The molecule has 0 aliphatic carbocycles. The summed E-state index contributed by atoms with van der Waals surface area (Å²) < 4.78 is 6.78. The first-order chi connectivity index (χ1) is 8.16. The third-order valence-electron chi connectivity index (χ3n) is 2.29. The number of nitrogens with zero attached hydrogens (tertiary/aromatic N) is 1. The van der Waals surface area contributed by atoms with Crippen LogP contribution in [0.5, 0.6) is 5.75 Å². The summed E-state index contributed by atoms with van der Waals surface area (Å²) in [7, 11) is 0.